The molecule has 1 N–H and O–H groups in total. The minimum Gasteiger partial charge on any atom is -0.341 e. The first-order valence-electron chi connectivity index (χ1n) is 8.49. The van der Waals surface area contributed by atoms with Crippen LogP contribution in [0.5, 0.6) is 0 Å². The summed E-state index contributed by atoms with van der Waals surface area (Å²) in [6.07, 6.45) is 0.797. The number of nitriles is 1. The van der Waals surface area contributed by atoms with Crippen LogP contribution in [0, 0.1) is 18.3 Å². The van der Waals surface area contributed by atoms with E-state index in [1.165, 1.54) is 0 Å². The zero-order valence-electron chi connectivity index (χ0n) is 14.5. The molecule has 0 saturated heterocycles. The lowest BCUT2D eigenvalue weighted by atomic mass is 10.0. The molecule has 4 aromatic rings. The fourth-order valence-corrected chi connectivity index (χ4v) is 3.64. The largest absolute Gasteiger partial charge is 0.341 e. The molecule has 128 valence electrons. The number of hydrogen-bond donors (Lipinski definition) is 1. The molecular weight excluding hydrogens is 344 g/mol. The van der Waals surface area contributed by atoms with Crippen LogP contribution >= 0.6 is 11.6 Å². The molecule has 4 rings (SSSR count). The average molecular weight is 361 g/mol. The molecule has 26 heavy (non-hydrogen) atoms. The summed E-state index contributed by atoms with van der Waals surface area (Å²) < 4.78 is 2.04. The smallest absolute Gasteiger partial charge is 0.157 e. The summed E-state index contributed by atoms with van der Waals surface area (Å²) in [4.78, 5) is 4.72. The van der Waals surface area contributed by atoms with Crippen molar-refractivity contribution < 1.29 is 0 Å². The molecule has 0 atom stereocenters. The Balaban J connectivity index is 2.11. The van der Waals surface area contributed by atoms with Crippen molar-refractivity contribution in [3.05, 3.63) is 70.2 Å². The Morgan fingerprint density at radius 2 is 2.00 bits per heavy atom. The van der Waals surface area contributed by atoms with Crippen LogP contribution in [-0.4, -0.2) is 9.38 Å². The monoisotopic (exact) mass is 360 g/mol. The standard InChI is InChI=1S/C21H17ClN4/c1-3-16-13(2)17(12-23)21-25-18-9-4-5-10-19(18)26(21)20(16)24-15-8-6-7-14(22)11-15/h4-11,24H,3H2,1-2H3. The summed E-state index contributed by atoms with van der Waals surface area (Å²) in [6.45, 7) is 4.08. The van der Waals surface area contributed by atoms with E-state index in [-0.39, 0.29) is 0 Å². The van der Waals surface area contributed by atoms with E-state index < -0.39 is 0 Å². The Morgan fingerprint density at radius 3 is 2.73 bits per heavy atom. The Bertz CT molecular complexity index is 1180. The van der Waals surface area contributed by atoms with Gasteiger partial charge in [0.1, 0.15) is 11.9 Å². The van der Waals surface area contributed by atoms with Crippen molar-refractivity contribution in [2.24, 2.45) is 0 Å². The Morgan fingerprint density at radius 1 is 1.19 bits per heavy atom. The fraction of sp³-hybridized carbons (Fsp3) is 0.143. The van der Waals surface area contributed by atoms with Gasteiger partial charge >= 0.3 is 0 Å². The average Bonchev–Trinajstić information content (AvgIpc) is 3.01. The highest BCUT2D eigenvalue weighted by atomic mass is 35.5. The van der Waals surface area contributed by atoms with Gasteiger partial charge in [0, 0.05) is 10.7 Å². The SMILES string of the molecule is CCc1c(C)c(C#N)c2nc3ccccc3n2c1Nc1cccc(Cl)c1. The minimum atomic E-state index is 0.620. The molecule has 0 amide bonds. The molecule has 2 aromatic heterocycles. The number of para-hydroxylation sites is 2. The number of pyridine rings is 1. The van der Waals surface area contributed by atoms with Crippen molar-refractivity contribution in [2.75, 3.05) is 5.32 Å². The van der Waals surface area contributed by atoms with Gasteiger partial charge in [-0.15, -0.1) is 0 Å². The summed E-state index contributed by atoms with van der Waals surface area (Å²) in [5.74, 6) is 0.926. The van der Waals surface area contributed by atoms with E-state index in [0.717, 1.165) is 40.1 Å². The van der Waals surface area contributed by atoms with E-state index in [9.17, 15) is 5.26 Å². The van der Waals surface area contributed by atoms with Crippen molar-refractivity contribution in [2.45, 2.75) is 20.3 Å². The summed E-state index contributed by atoms with van der Waals surface area (Å²) in [5.41, 5.74) is 6.08. The highest BCUT2D eigenvalue weighted by Crippen LogP contribution is 2.33. The third kappa shape index (κ3) is 2.49. The third-order valence-electron chi connectivity index (χ3n) is 4.67. The molecule has 0 aliphatic rings. The fourth-order valence-electron chi connectivity index (χ4n) is 3.45. The summed E-state index contributed by atoms with van der Waals surface area (Å²) in [6, 6.07) is 17.9. The van der Waals surface area contributed by atoms with Gasteiger partial charge in [0.05, 0.1) is 16.6 Å². The molecule has 0 aliphatic heterocycles. The Labute approximate surface area is 156 Å². The van der Waals surface area contributed by atoms with Crippen LogP contribution in [0.15, 0.2) is 48.5 Å². The zero-order valence-corrected chi connectivity index (χ0v) is 15.3. The normalized spacial score (nSPS) is 11.0. The van der Waals surface area contributed by atoms with Crippen LogP contribution in [0.1, 0.15) is 23.6 Å². The van der Waals surface area contributed by atoms with E-state index in [1.807, 2.05) is 59.9 Å². The maximum Gasteiger partial charge on any atom is 0.157 e. The number of rotatable bonds is 3. The van der Waals surface area contributed by atoms with Crippen LogP contribution in [0.4, 0.5) is 11.5 Å². The summed E-state index contributed by atoms with van der Waals surface area (Å²) in [7, 11) is 0. The number of aromatic nitrogens is 2. The third-order valence-corrected chi connectivity index (χ3v) is 4.91. The number of anilines is 2. The Kier molecular flexibility index (Phi) is 4.02. The molecule has 2 aromatic carbocycles. The first kappa shape index (κ1) is 16.4. The number of nitrogens with one attached hydrogen (secondary N) is 1. The highest BCUT2D eigenvalue weighted by Gasteiger charge is 2.19. The van der Waals surface area contributed by atoms with Crippen molar-refractivity contribution in [1.82, 2.24) is 9.38 Å². The molecule has 0 aliphatic carbocycles. The molecule has 2 heterocycles. The van der Waals surface area contributed by atoms with E-state index in [2.05, 4.69) is 18.3 Å². The van der Waals surface area contributed by atoms with Gasteiger partial charge in [-0.25, -0.2) is 4.98 Å². The van der Waals surface area contributed by atoms with Crippen LogP contribution in [0.25, 0.3) is 16.7 Å². The number of benzene rings is 2. The van der Waals surface area contributed by atoms with Gasteiger partial charge in [-0.05, 0) is 54.8 Å². The number of nitrogens with zero attached hydrogens (tertiary/aromatic N) is 3. The van der Waals surface area contributed by atoms with Gasteiger partial charge in [0.2, 0.25) is 0 Å². The van der Waals surface area contributed by atoms with Gasteiger partial charge in [-0.2, -0.15) is 5.26 Å². The molecule has 0 bridgehead atoms. The number of hydrogen-bond acceptors (Lipinski definition) is 3. The van der Waals surface area contributed by atoms with E-state index in [4.69, 9.17) is 16.6 Å². The van der Waals surface area contributed by atoms with Crippen LogP contribution < -0.4 is 5.32 Å². The molecule has 0 spiro atoms. The second-order valence-corrected chi connectivity index (χ2v) is 6.62. The lowest BCUT2D eigenvalue weighted by Gasteiger charge is -2.18. The van der Waals surface area contributed by atoms with Crippen molar-refractivity contribution in [1.29, 1.82) is 5.26 Å². The lowest BCUT2D eigenvalue weighted by Crippen LogP contribution is -2.07. The predicted molar refractivity (Wildman–Crippen MR) is 106 cm³/mol. The first-order valence-corrected chi connectivity index (χ1v) is 8.87. The quantitative estimate of drug-likeness (QED) is 0.515. The van der Waals surface area contributed by atoms with E-state index >= 15 is 0 Å². The zero-order chi connectivity index (χ0) is 18.3. The van der Waals surface area contributed by atoms with Crippen LogP contribution in [0.2, 0.25) is 5.02 Å². The van der Waals surface area contributed by atoms with Crippen molar-refractivity contribution >= 4 is 39.8 Å². The lowest BCUT2D eigenvalue weighted by molar-refractivity contribution is 1.05. The summed E-state index contributed by atoms with van der Waals surface area (Å²) >= 11 is 6.15. The second kappa shape index (κ2) is 6.36. The van der Waals surface area contributed by atoms with Gasteiger partial charge in [0.15, 0.2) is 5.65 Å². The number of imidazole rings is 1. The topological polar surface area (TPSA) is 53.1 Å². The molecule has 5 heteroatoms. The second-order valence-electron chi connectivity index (χ2n) is 6.19. The predicted octanol–water partition coefficient (Wildman–Crippen LogP) is 5.63. The van der Waals surface area contributed by atoms with Gasteiger partial charge in [-0.3, -0.25) is 4.40 Å². The molecule has 0 radical (unpaired) electrons. The van der Waals surface area contributed by atoms with Crippen molar-refractivity contribution in [3.8, 4) is 6.07 Å². The molecular formula is C21H17ClN4. The van der Waals surface area contributed by atoms with E-state index in [1.54, 1.807) is 0 Å². The number of halogens is 1. The highest BCUT2D eigenvalue weighted by molar-refractivity contribution is 6.30. The molecule has 0 fully saturated rings. The maximum absolute atomic E-state index is 9.74. The molecule has 0 unspecified atom stereocenters. The van der Waals surface area contributed by atoms with Gasteiger partial charge in [-0.1, -0.05) is 36.7 Å². The maximum atomic E-state index is 9.74. The molecule has 0 saturated carbocycles. The van der Waals surface area contributed by atoms with Gasteiger partial charge in [0.25, 0.3) is 0 Å². The van der Waals surface area contributed by atoms with Crippen molar-refractivity contribution in [3.63, 3.8) is 0 Å². The Hall–Kier alpha value is -3.03. The van der Waals surface area contributed by atoms with Crippen LogP contribution in [-0.2, 0) is 6.42 Å². The molecule has 4 nitrogen and oxygen atoms in total. The number of fused-ring (bicyclic) bond motifs is 3. The van der Waals surface area contributed by atoms with E-state index in [0.29, 0.717) is 16.2 Å². The van der Waals surface area contributed by atoms with Gasteiger partial charge < -0.3 is 5.32 Å². The summed E-state index contributed by atoms with van der Waals surface area (Å²) in [5, 5.41) is 13.9. The minimum absolute atomic E-state index is 0.620. The first-order chi connectivity index (χ1) is 12.6. The van der Waals surface area contributed by atoms with Crippen LogP contribution in [0.3, 0.4) is 0 Å².